The number of benzene rings is 2. The number of esters is 1. The van der Waals surface area contributed by atoms with Gasteiger partial charge in [0.25, 0.3) is 0 Å². The van der Waals surface area contributed by atoms with Crippen molar-refractivity contribution < 1.29 is 14.3 Å². The Bertz CT molecular complexity index is 786. The molecule has 144 valence electrons. The van der Waals surface area contributed by atoms with Crippen LogP contribution >= 0.6 is 22.6 Å². The number of rotatable bonds is 7. The topological polar surface area (TPSA) is 47.6 Å². The van der Waals surface area contributed by atoms with Crippen LogP contribution < -0.4 is 14.8 Å². The summed E-state index contributed by atoms with van der Waals surface area (Å²) in [4.78, 5) is 13.0. The summed E-state index contributed by atoms with van der Waals surface area (Å²) in [5, 5.41) is 3.55. The van der Waals surface area contributed by atoms with Crippen LogP contribution in [0.3, 0.4) is 0 Å². The zero-order valence-electron chi connectivity index (χ0n) is 15.9. The highest BCUT2D eigenvalue weighted by Gasteiger charge is 2.26. The predicted molar refractivity (Wildman–Crippen MR) is 116 cm³/mol. The van der Waals surface area contributed by atoms with E-state index in [1.54, 1.807) is 12.1 Å². The highest BCUT2D eigenvalue weighted by molar-refractivity contribution is 14.1. The molecule has 1 aliphatic heterocycles. The second kappa shape index (κ2) is 9.55. The molecule has 0 spiro atoms. The summed E-state index contributed by atoms with van der Waals surface area (Å²) in [6, 6.07) is 11.5. The van der Waals surface area contributed by atoms with Crippen LogP contribution in [0.25, 0.3) is 0 Å². The van der Waals surface area contributed by atoms with Gasteiger partial charge in [0, 0.05) is 9.61 Å². The molecule has 2 aromatic carbocycles. The van der Waals surface area contributed by atoms with E-state index < -0.39 is 0 Å². The third-order valence-corrected chi connectivity index (χ3v) is 6.27. The minimum absolute atomic E-state index is 0.323. The molecule has 27 heavy (non-hydrogen) atoms. The van der Waals surface area contributed by atoms with Crippen molar-refractivity contribution in [2.75, 3.05) is 13.2 Å². The maximum atomic E-state index is 13.0. The summed E-state index contributed by atoms with van der Waals surface area (Å²) >= 11 is 2.34. The maximum Gasteiger partial charge on any atom is 0.347 e. The van der Waals surface area contributed by atoms with Gasteiger partial charge in [-0.3, -0.25) is 0 Å². The van der Waals surface area contributed by atoms with E-state index in [1.807, 2.05) is 31.2 Å². The van der Waals surface area contributed by atoms with Gasteiger partial charge in [0.1, 0.15) is 17.1 Å². The largest absolute Gasteiger partial charge is 0.493 e. The molecule has 1 aliphatic rings. The van der Waals surface area contributed by atoms with Gasteiger partial charge in [0.2, 0.25) is 0 Å². The van der Waals surface area contributed by atoms with Gasteiger partial charge >= 0.3 is 5.97 Å². The van der Waals surface area contributed by atoms with E-state index in [9.17, 15) is 4.79 Å². The van der Waals surface area contributed by atoms with Gasteiger partial charge in [-0.2, -0.15) is 0 Å². The molecule has 0 aliphatic carbocycles. The number of hydrogen-bond donors (Lipinski definition) is 1. The van der Waals surface area contributed by atoms with Gasteiger partial charge in [0.05, 0.1) is 6.61 Å². The van der Waals surface area contributed by atoms with Gasteiger partial charge in [-0.25, -0.2) is 4.79 Å². The summed E-state index contributed by atoms with van der Waals surface area (Å²) < 4.78 is 12.8. The van der Waals surface area contributed by atoms with Crippen LogP contribution in [-0.4, -0.2) is 19.1 Å². The van der Waals surface area contributed by atoms with Crippen molar-refractivity contribution in [1.82, 2.24) is 5.32 Å². The lowest BCUT2D eigenvalue weighted by molar-refractivity contribution is 0.0729. The van der Waals surface area contributed by atoms with Crippen LogP contribution in [0, 0.1) is 10.5 Å². The predicted octanol–water partition coefficient (Wildman–Crippen LogP) is 5.42. The smallest absolute Gasteiger partial charge is 0.347 e. The number of ether oxygens (including phenoxy) is 2. The van der Waals surface area contributed by atoms with Gasteiger partial charge in [-0.05, 0) is 84.6 Å². The highest BCUT2D eigenvalue weighted by atomic mass is 127. The number of para-hydroxylation sites is 1. The average molecular weight is 479 g/mol. The number of carbonyl (C=O) groups is 1. The summed E-state index contributed by atoms with van der Waals surface area (Å²) in [6.07, 6.45) is 4.28. The van der Waals surface area contributed by atoms with Crippen LogP contribution in [0.5, 0.6) is 11.5 Å². The van der Waals surface area contributed by atoms with Gasteiger partial charge < -0.3 is 14.8 Å². The van der Waals surface area contributed by atoms with Gasteiger partial charge in [0.15, 0.2) is 0 Å². The first-order valence-electron chi connectivity index (χ1n) is 9.58. The summed E-state index contributed by atoms with van der Waals surface area (Å²) in [5.74, 6) is 0.804. The third-order valence-electron chi connectivity index (χ3n) is 4.84. The summed E-state index contributed by atoms with van der Waals surface area (Å²) in [7, 11) is 0. The van der Waals surface area contributed by atoms with E-state index >= 15 is 0 Å². The zero-order valence-corrected chi connectivity index (χ0v) is 18.0. The Balaban J connectivity index is 1.96. The molecule has 1 saturated heterocycles. The Labute approximate surface area is 174 Å². The third kappa shape index (κ3) is 4.82. The fourth-order valence-corrected chi connectivity index (χ4v) is 4.13. The lowest BCUT2D eigenvalue weighted by Crippen LogP contribution is -2.18. The lowest BCUT2D eigenvalue weighted by atomic mass is 9.98. The molecular weight excluding hydrogens is 453 g/mol. The normalized spacial score (nSPS) is 16.3. The van der Waals surface area contributed by atoms with Crippen molar-refractivity contribution in [2.45, 2.75) is 45.6 Å². The molecule has 0 bridgehead atoms. The second-order valence-corrected chi connectivity index (χ2v) is 7.91. The Morgan fingerprint density at radius 3 is 2.74 bits per heavy atom. The minimum Gasteiger partial charge on any atom is -0.493 e. The Hall–Kier alpha value is -1.60. The van der Waals surface area contributed by atoms with E-state index in [4.69, 9.17) is 9.47 Å². The number of halogens is 1. The molecule has 0 saturated carbocycles. The number of carbonyl (C=O) groups excluding carboxylic acids is 1. The first-order valence-corrected chi connectivity index (χ1v) is 10.7. The van der Waals surface area contributed by atoms with Crippen molar-refractivity contribution in [3.63, 3.8) is 0 Å². The van der Waals surface area contributed by atoms with Crippen LogP contribution in [0.15, 0.2) is 36.4 Å². The van der Waals surface area contributed by atoms with E-state index in [-0.39, 0.29) is 5.97 Å². The fourth-order valence-electron chi connectivity index (χ4n) is 3.33. The first kappa shape index (κ1) is 20.1. The second-order valence-electron chi connectivity index (χ2n) is 6.83. The van der Waals surface area contributed by atoms with Crippen molar-refractivity contribution in [3.05, 3.63) is 56.7 Å². The molecule has 1 atom stereocenters. The molecule has 1 fully saturated rings. The average Bonchev–Trinajstić information content (AvgIpc) is 3.20. The van der Waals surface area contributed by atoms with E-state index in [2.05, 4.69) is 34.8 Å². The molecule has 0 aromatic heterocycles. The zero-order chi connectivity index (χ0) is 19.2. The lowest BCUT2D eigenvalue weighted by Gasteiger charge is -2.20. The fraction of sp³-hybridized carbons (Fsp3) is 0.409. The van der Waals surface area contributed by atoms with Crippen molar-refractivity contribution in [2.24, 2.45) is 0 Å². The molecule has 5 heteroatoms. The van der Waals surface area contributed by atoms with Crippen LogP contribution in [0.2, 0.25) is 0 Å². The SMILES string of the molecule is CCCCOc1cc(C2CCCN2)c(I)c(C)c1C(=O)Oc1ccccc1. The highest BCUT2D eigenvalue weighted by Crippen LogP contribution is 2.36. The molecule has 2 aromatic rings. The maximum absolute atomic E-state index is 13.0. The molecule has 1 unspecified atom stereocenters. The van der Waals surface area contributed by atoms with Gasteiger partial charge in [-0.15, -0.1) is 0 Å². The van der Waals surface area contributed by atoms with E-state index in [1.165, 1.54) is 12.0 Å². The summed E-state index contributed by atoms with van der Waals surface area (Å²) in [5.41, 5.74) is 2.67. The molecule has 0 amide bonds. The summed E-state index contributed by atoms with van der Waals surface area (Å²) in [6.45, 7) is 5.73. The minimum atomic E-state index is -0.367. The molecular formula is C22H26INO3. The Kier molecular flexibility index (Phi) is 7.13. The number of unbranched alkanes of at least 4 members (excludes halogenated alkanes) is 1. The van der Waals surface area contributed by atoms with Crippen molar-refractivity contribution >= 4 is 28.6 Å². The number of hydrogen-bond acceptors (Lipinski definition) is 4. The Morgan fingerprint density at radius 2 is 2.07 bits per heavy atom. The van der Waals surface area contributed by atoms with Crippen LogP contribution in [0.4, 0.5) is 0 Å². The van der Waals surface area contributed by atoms with Crippen LogP contribution in [-0.2, 0) is 0 Å². The molecule has 1 heterocycles. The molecule has 4 nitrogen and oxygen atoms in total. The molecule has 3 rings (SSSR count). The standard InChI is InChI=1S/C22H26INO3/c1-3-4-13-26-19-14-17(18-11-8-12-24-18)21(23)15(2)20(19)22(25)27-16-9-6-5-7-10-16/h5-7,9-10,14,18,24H,3-4,8,11-13H2,1-2H3. The van der Waals surface area contributed by atoms with Crippen molar-refractivity contribution in [3.8, 4) is 11.5 Å². The van der Waals surface area contributed by atoms with Gasteiger partial charge in [-0.1, -0.05) is 31.5 Å². The van der Waals surface area contributed by atoms with E-state index in [0.717, 1.165) is 34.9 Å². The first-order chi connectivity index (χ1) is 13.1. The number of nitrogens with one attached hydrogen (secondary N) is 1. The monoisotopic (exact) mass is 479 g/mol. The Morgan fingerprint density at radius 1 is 1.30 bits per heavy atom. The van der Waals surface area contributed by atoms with Crippen molar-refractivity contribution in [1.29, 1.82) is 0 Å². The van der Waals surface area contributed by atoms with E-state index in [0.29, 0.717) is 29.7 Å². The molecule has 1 N–H and O–H groups in total. The molecule has 0 radical (unpaired) electrons. The van der Waals surface area contributed by atoms with Crippen LogP contribution in [0.1, 0.15) is 60.1 Å². The quantitative estimate of drug-likeness (QED) is 0.249.